The molecule has 0 saturated heterocycles. The summed E-state index contributed by atoms with van der Waals surface area (Å²) in [4.78, 5) is 10.4. The Balaban J connectivity index is 2.92. The number of benzene rings is 1. The second kappa shape index (κ2) is 4.68. The quantitative estimate of drug-likeness (QED) is 0.794. The van der Waals surface area contributed by atoms with Gasteiger partial charge in [-0.2, -0.15) is 0 Å². The van der Waals surface area contributed by atoms with Gasteiger partial charge in [0, 0.05) is 6.42 Å². The van der Waals surface area contributed by atoms with E-state index in [0.717, 1.165) is 5.56 Å². The number of aryl methyl sites for hydroxylation is 2. The average Bonchev–Trinajstić information content (AvgIpc) is 2.16. The van der Waals surface area contributed by atoms with Crippen LogP contribution in [0.15, 0.2) is 12.1 Å². The number of phenolic OH excluding ortho intramolecular Hbond substituents is 1. The molecule has 4 nitrogen and oxygen atoms in total. The van der Waals surface area contributed by atoms with Crippen molar-refractivity contribution in [3.8, 4) is 11.5 Å². The second-order valence-electron chi connectivity index (χ2n) is 3.34. The molecular formula is C11H14O4. The molecule has 2 N–H and O–H groups in total. The number of phenols is 1. The fourth-order valence-corrected chi connectivity index (χ4v) is 1.38. The molecule has 0 amide bonds. The van der Waals surface area contributed by atoms with Crippen LogP contribution in [-0.2, 0) is 11.2 Å². The minimum absolute atomic E-state index is 0.000223. The number of hydrogen-bond acceptors (Lipinski definition) is 3. The topological polar surface area (TPSA) is 66.8 Å². The van der Waals surface area contributed by atoms with E-state index in [-0.39, 0.29) is 12.2 Å². The lowest BCUT2D eigenvalue weighted by Gasteiger charge is -2.09. The van der Waals surface area contributed by atoms with Crippen LogP contribution in [0.5, 0.6) is 11.5 Å². The third-order valence-electron chi connectivity index (χ3n) is 2.20. The molecule has 0 bridgehead atoms. The molecule has 0 aromatic heterocycles. The van der Waals surface area contributed by atoms with Gasteiger partial charge in [0.1, 0.15) is 11.5 Å². The molecule has 82 valence electrons. The van der Waals surface area contributed by atoms with Gasteiger partial charge in [-0.15, -0.1) is 0 Å². The molecule has 0 aliphatic heterocycles. The van der Waals surface area contributed by atoms with Crippen molar-refractivity contribution in [2.75, 3.05) is 7.11 Å². The van der Waals surface area contributed by atoms with Crippen molar-refractivity contribution in [3.05, 3.63) is 23.3 Å². The summed E-state index contributed by atoms with van der Waals surface area (Å²) >= 11 is 0. The number of aliphatic carboxylic acids is 1. The molecule has 0 aliphatic carbocycles. The lowest BCUT2D eigenvalue weighted by molar-refractivity contribution is -0.136. The van der Waals surface area contributed by atoms with E-state index >= 15 is 0 Å². The highest BCUT2D eigenvalue weighted by Gasteiger charge is 2.08. The molecule has 0 fully saturated rings. The minimum atomic E-state index is -0.881. The van der Waals surface area contributed by atoms with Crippen LogP contribution in [0.25, 0.3) is 0 Å². The van der Waals surface area contributed by atoms with Crippen LogP contribution in [0.1, 0.15) is 17.5 Å². The SMILES string of the molecule is COc1cc(CCC(=O)O)c(O)cc1C. The Morgan fingerprint density at radius 3 is 2.67 bits per heavy atom. The molecule has 0 saturated carbocycles. The zero-order chi connectivity index (χ0) is 11.4. The number of hydrogen-bond donors (Lipinski definition) is 2. The Bertz CT molecular complexity index is 371. The van der Waals surface area contributed by atoms with Crippen molar-refractivity contribution in [1.82, 2.24) is 0 Å². The Labute approximate surface area is 88.1 Å². The normalized spacial score (nSPS) is 10.0. The van der Waals surface area contributed by atoms with Crippen LogP contribution in [0, 0.1) is 6.92 Å². The number of carbonyl (C=O) groups is 1. The molecule has 1 aromatic carbocycles. The standard InChI is InChI=1S/C11H14O4/c1-7-5-9(12)8(3-4-11(13)14)6-10(7)15-2/h5-6,12H,3-4H2,1-2H3,(H,13,14). The number of carboxylic acids is 1. The molecule has 0 radical (unpaired) electrons. The van der Waals surface area contributed by atoms with Crippen LogP contribution < -0.4 is 4.74 Å². The maximum Gasteiger partial charge on any atom is 0.303 e. The van der Waals surface area contributed by atoms with Gasteiger partial charge in [0.2, 0.25) is 0 Å². The summed E-state index contributed by atoms with van der Waals surface area (Å²) in [5, 5.41) is 18.1. The van der Waals surface area contributed by atoms with Crippen molar-refractivity contribution in [1.29, 1.82) is 0 Å². The van der Waals surface area contributed by atoms with Crippen LogP contribution in [0.4, 0.5) is 0 Å². The molecular weight excluding hydrogens is 196 g/mol. The fraction of sp³-hybridized carbons (Fsp3) is 0.364. The monoisotopic (exact) mass is 210 g/mol. The molecule has 0 aliphatic rings. The van der Waals surface area contributed by atoms with Gasteiger partial charge in [0.05, 0.1) is 7.11 Å². The van der Waals surface area contributed by atoms with E-state index in [1.54, 1.807) is 19.2 Å². The Morgan fingerprint density at radius 2 is 2.13 bits per heavy atom. The van der Waals surface area contributed by atoms with Crippen molar-refractivity contribution < 1.29 is 19.7 Å². The van der Waals surface area contributed by atoms with Gasteiger partial charge in [0.15, 0.2) is 0 Å². The van der Waals surface area contributed by atoms with E-state index in [4.69, 9.17) is 9.84 Å². The predicted molar refractivity (Wildman–Crippen MR) is 55.4 cm³/mol. The summed E-state index contributed by atoms with van der Waals surface area (Å²) in [7, 11) is 1.54. The summed E-state index contributed by atoms with van der Waals surface area (Å²) < 4.78 is 5.09. The third kappa shape index (κ3) is 2.87. The summed E-state index contributed by atoms with van der Waals surface area (Å²) in [6, 6.07) is 3.25. The second-order valence-corrected chi connectivity index (χ2v) is 3.34. The minimum Gasteiger partial charge on any atom is -0.508 e. The van der Waals surface area contributed by atoms with E-state index in [9.17, 15) is 9.90 Å². The number of rotatable bonds is 4. The van der Waals surface area contributed by atoms with Gasteiger partial charge >= 0.3 is 5.97 Å². The van der Waals surface area contributed by atoms with E-state index in [0.29, 0.717) is 17.7 Å². The molecule has 0 spiro atoms. The maximum absolute atomic E-state index is 10.4. The largest absolute Gasteiger partial charge is 0.508 e. The first-order chi connectivity index (χ1) is 7.04. The van der Waals surface area contributed by atoms with Crippen molar-refractivity contribution in [2.24, 2.45) is 0 Å². The summed E-state index contributed by atoms with van der Waals surface area (Å²) in [5.74, 6) is -0.100. The molecule has 0 atom stereocenters. The first kappa shape index (κ1) is 11.4. The summed E-state index contributed by atoms with van der Waals surface area (Å²) in [6.45, 7) is 1.82. The van der Waals surface area contributed by atoms with Crippen LogP contribution >= 0.6 is 0 Å². The summed E-state index contributed by atoms with van der Waals surface area (Å²) in [5.41, 5.74) is 1.42. The zero-order valence-corrected chi connectivity index (χ0v) is 8.78. The van der Waals surface area contributed by atoms with Crippen molar-refractivity contribution in [2.45, 2.75) is 19.8 Å². The zero-order valence-electron chi connectivity index (χ0n) is 8.78. The van der Waals surface area contributed by atoms with Gasteiger partial charge in [-0.1, -0.05) is 0 Å². The van der Waals surface area contributed by atoms with Crippen LogP contribution in [0.3, 0.4) is 0 Å². The molecule has 15 heavy (non-hydrogen) atoms. The van der Waals surface area contributed by atoms with Gasteiger partial charge in [-0.05, 0) is 36.6 Å². The van der Waals surface area contributed by atoms with Crippen molar-refractivity contribution in [3.63, 3.8) is 0 Å². The first-order valence-corrected chi connectivity index (χ1v) is 4.63. The first-order valence-electron chi connectivity index (χ1n) is 4.63. The molecule has 0 unspecified atom stereocenters. The lowest BCUT2D eigenvalue weighted by Crippen LogP contribution is -1.98. The molecule has 4 heteroatoms. The van der Waals surface area contributed by atoms with E-state index in [2.05, 4.69) is 0 Å². The average molecular weight is 210 g/mol. The molecule has 0 heterocycles. The van der Waals surface area contributed by atoms with Gasteiger partial charge in [-0.3, -0.25) is 4.79 Å². The number of aromatic hydroxyl groups is 1. The highest BCUT2D eigenvalue weighted by Crippen LogP contribution is 2.28. The highest BCUT2D eigenvalue weighted by atomic mass is 16.5. The Morgan fingerprint density at radius 1 is 1.47 bits per heavy atom. The smallest absolute Gasteiger partial charge is 0.303 e. The number of ether oxygens (including phenoxy) is 1. The highest BCUT2D eigenvalue weighted by molar-refractivity contribution is 5.67. The van der Waals surface area contributed by atoms with Gasteiger partial charge in [-0.25, -0.2) is 0 Å². The predicted octanol–water partition coefficient (Wildman–Crippen LogP) is 1.73. The number of methoxy groups -OCH3 is 1. The lowest BCUT2D eigenvalue weighted by atomic mass is 10.1. The number of carboxylic acid groups (broad SMARTS) is 1. The Hall–Kier alpha value is -1.71. The summed E-state index contributed by atoms with van der Waals surface area (Å²) in [6.07, 6.45) is 0.303. The van der Waals surface area contributed by atoms with Crippen LogP contribution in [-0.4, -0.2) is 23.3 Å². The van der Waals surface area contributed by atoms with Gasteiger partial charge in [0.25, 0.3) is 0 Å². The van der Waals surface area contributed by atoms with Crippen molar-refractivity contribution >= 4 is 5.97 Å². The molecule has 1 aromatic rings. The Kier molecular flexibility index (Phi) is 3.55. The maximum atomic E-state index is 10.4. The van der Waals surface area contributed by atoms with Crippen LogP contribution in [0.2, 0.25) is 0 Å². The van der Waals surface area contributed by atoms with E-state index < -0.39 is 5.97 Å². The fourth-order valence-electron chi connectivity index (χ4n) is 1.38. The third-order valence-corrected chi connectivity index (χ3v) is 2.20. The van der Waals surface area contributed by atoms with E-state index in [1.165, 1.54) is 0 Å². The molecule has 1 rings (SSSR count). The van der Waals surface area contributed by atoms with E-state index in [1.807, 2.05) is 6.92 Å². The van der Waals surface area contributed by atoms with Gasteiger partial charge < -0.3 is 14.9 Å².